The molecule has 3 aromatic carbocycles. The van der Waals surface area contributed by atoms with Crippen LogP contribution in [0.2, 0.25) is 0 Å². The van der Waals surface area contributed by atoms with Gasteiger partial charge in [-0.15, -0.1) is 0 Å². The zero-order valence-electron chi connectivity index (χ0n) is 16.5. The number of carbonyl (C=O) groups is 2. The molecule has 0 aliphatic carbocycles. The summed E-state index contributed by atoms with van der Waals surface area (Å²) in [7, 11) is 0. The zero-order chi connectivity index (χ0) is 20.9. The van der Waals surface area contributed by atoms with E-state index < -0.39 is 18.2 Å². The summed E-state index contributed by atoms with van der Waals surface area (Å²) >= 11 is 0. The van der Waals surface area contributed by atoms with Crippen molar-refractivity contribution in [2.24, 2.45) is 0 Å². The van der Waals surface area contributed by atoms with Crippen molar-refractivity contribution in [3.8, 4) is 0 Å². The van der Waals surface area contributed by atoms with Gasteiger partial charge in [0, 0.05) is 12.0 Å². The molecule has 0 radical (unpaired) electrons. The molecule has 1 aliphatic rings. The molecule has 5 heteroatoms. The van der Waals surface area contributed by atoms with Gasteiger partial charge in [0.1, 0.15) is 12.2 Å². The molecule has 1 aliphatic heterocycles. The number of anilines is 1. The van der Waals surface area contributed by atoms with Crippen LogP contribution in [0.4, 0.5) is 5.69 Å². The number of nitrogens with zero attached hydrogens (tertiary/aromatic N) is 1. The molecule has 4 rings (SSSR count). The molecule has 3 aromatic rings. The summed E-state index contributed by atoms with van der Waals surface area (Å²) < 4.78 is 6.30. The highest BCUT2D eigenvalue weighted by molar-refractivity contribution is 5.98. The van der Waals surface area contributed by atoms with Crippen LogP contribution in [0.5, 0.6) is 0 Å². The van der Waals surface area contributed by atoms with Gasteiger partial charge in [-0.05, 0) is 23.6 Å². The molecule has 0 fully saturated rings. The molecular weight excluding hydrogens is 378 g/mol. The second kappa shape index (κ2) is 8.93. The number of hydrogen-bond donors (Lipinski definition) is 1. The standard InChI is InChI=1S/C25H23NO4/c27-23(28)16-15-22-25(29)26(17-18-9-3-1-4-10-18)21-14-8-7-13-20(21)24(30-22)19-11-5-2-6-12-19/h1-14,22,24H,15-17H2,(H,27,28). The summed E-state index contributed by atoms with van der Waals surface area (Å²) in [6.45, 7) is 0.394. The molecular formula is C25H23NO4. The van der Waals surface area contributed by atoms with Crippen molar-refractivity contribution in [3.63, 3.8) is 0 Å². The third kappa shape index (κ3) is 4.26. The lowest BCUT2D eigenvalue weighted by Crippen LogP contribution is -2.39. The van der Waals surface area contributed by atoms with Gasteiger partial charge in [0.15, 0.2) is 0 Å². The van der Waals surface area contributed by atoms with E-state index in [4.69, 9.17) is 4.74 Å². The summed E-state index contributed by atoms with van der Waals surface area (Å²) in [5.41, 5.74) is 3.61. The molecule has 1 heterocycles. The fraction of sp³-hybridized carbons (Fsp3) is 0.200. The van der Waals surface area contributed by atoms with E-state index in [1.165, 1.54) is 0 Å². The van der Waals surface area contributed by atoms with E-state index >= 15 is 0 Å². The van der Waals surface area contributed by atoms with Crippen LogP contribution in [0.15, 0.2) is 84.9 Å². The predicted molar refractivity (Wildman–Crippen MR) is 114 cm³/mol. The molecule has 2 unspecified atom stereocenters. The van der Waals surface area contributed by atoms with Gasteiger partial charge in [-0.2, -0.15) is 0 Å². The van der Waals surface area contributed by atoms with Crippen LogP contribution in [0.3, 0.4) is 0 Å². The summed E-state index contributed by atoms with van der Waals surface area (Å²) in [6, 6.07) is 27.2. The first-order valence-electron chi connectivity index (χ1n) is 10.00. The average Bonchev–Trinajstić information content (AvgIpc) is 2.89. The van der Waals surface area contributed by atoms with E-state index in [0.29, 0.717) is 6.54 Å². The number of hydrogen-bond acceptors (Lipinski definition) is 3. The molecule has 1 N–H and O–H groups in total. The van der Waals surface area contributed by atoms with Crippen LogP contribution >= 0.6 is 0 Å². The van der Waals surface area contributed by atoms with Crippen molar-refractivity contribution in [1.29, 1.82) is 0 Å². The predicted octanol–water partition coefficient (Wildman–Crippen LogP) is 4.57. The number of benzene rings is 3. The van der Waals surface area contributed by atoms with Crippen molar-refractivity contribution in [2.75, 3.05) is 4.90 Å². The van der Waals surface area contributed by atoms with E-state index in [-0.39, 0.29) is 18.7 Å². The molecule has 1 amide bonds. The maximum absolute atomic E-state index is 13.5. The van der Waals surface area contributed by atoms with E-state index in [1.54, 1.807) is 4.90 Å². The highest BCUT2D eigenvalue weighted by atomic mass is 16.5. The lowest BCUT2D eigenvalue weighted by atomic mass is 9.99. The van der Waals surface area contributed by atoms with E-state index in [1.807, 2.05) is 84.9 Å². The Morgan fingerprint density at radius 3 is 2.23 bits per heavy atom. The molecule has 5 nitrogen and oxygen atoms in total. The van der Waals surface area contributed by atoms with Crippen molar-refractivity contribution in [1.82, 2.24) is 0 Å². The maximum atomic E-state index is 13.5. The van der Waals surface area contributed by atoms with Crippen molar-refractivity contribution >= 4 is 17.6 Å². The van der Waals surface area contributed by atoms with Crippen LogP contribution in [0.1, 0.15) is 35.6 Å². The third-order valence-corrected chi connectivity index (χ3v) is 5.26. The molecule has 0 saturated carbocycles. The number of rotatable bonds is 6. The summed E-state index contributed by atoms with van der Waals surface area (Å²) in [5.74, 6) is -1.16. The Morgan fingerprint density at radius 1 is 0.900 bits per heavy atom. The minimum Gasteiger partial charge on any atom is -0.481 e. The number of aliphatic carboxylic acids is 1. The number of para-hydroxylation sites is 1. The topological polar surface area (TPSA) is 66.8 Å². The number of carboxylic acids is 1. The van der Waals surface area contributed by atoms with Crippen molar-refractivity contribution in [2.45, 2.75) is 31.6 Å². The lowest BCUT2D eigenvalue weighted by molar-refractivity contribution is -0.139. The van der Waals surface area contributed by atoms with E-state index in [0.717, 1.165) is 22.4 Å². The minimum absolute atomic E-state index is 0.122. The fourth-order valence-corrected chi connectivity index (χ4v) is 3.80. The second-order valence-corrected chi connectivity index (χ2v) is 7.32. The van der Waals surface area contributed by atoms with Gasteiger partial charge >= 0.3 is 5.97 Å². The number of ether oxygens (including phenoxy) is 1. The smallest absolute Gasteiger partial charge is 0.303 e. The SMILES string of the molecule is O=C(O)CCC1OC(c2ccccc2)c2ccccc2N(Cc2ccccc2)C1=O. The number of carbonyl (C=O) groups excluding carboxylic acids is 1. The van der Waals surface area contributed by atoms with Crippen molar-refractivity contribution < 1.29 is 19.4 Å². The van der Waals surface area contributed by atoms with Crippen LogP contribution in [0.25, 0.3) is 0 Å². The molecule has 0 spiro atoms. The van der Waals surface area contributed by atoms with Crippen LogP contribution in [0, 0.1) is 0 Å². The molecule has 30 heavy (non-hydrogen) atoms. The first-order chi connectivity index (χ1) is 14.6. The highest BCUT2D eigenvalue weighted by Crippen LogP contribution is 2.39. The normalized spacial score (nSPS) is 18.5. The van der Waals surface area contributed by atoms with Gasteiger partial charge in [0.2, 0.25) is 0 Å². The van der Waals surface area contributed by atoms with Gasteiger partial charge in [-0.25, -0.2) is 0 Å². The van der Waals surface area contributed by atoms with Crippen LogP contribution in [-0.4, -0.2) is 23.1 Å². The monoisotopic (exact) mass is 401 g/mol. The van der Waals surface area contributed by atoms with Gasteiger partial charge in [0.25, 0.3) is 5.91 Å². The molecule has 0 saturated heterocycles. The summed E-state index contributed by atoms with van der Waals surface area (Å²) in [5, 5.41) is 9.18. The second-order valence-electron chi connectivity index (χ2n) is 7.32. The van der Waals surface area contributed by atoms with Gasteiger partial charge in [-0.3, -0.25) is 9.59 Å². The average molecular weight is 401 g/mol. The zero-order valence-corrected chi connectivity index (χ0v) is 16.5. The van der Waals surface area contributed by atoms with Gasteiger partial charge in [-0.1, -0.05) is 78.9 Å². The summed E-state index contributed by atoms with van der Waals surface area (Å²) in [4.78, 5) is 26.4. The number of amides is 1. The molecule has 152 valence electrons. The molecule has 0 bridgehead atoms. The van der Waals surface area contributed by atoms with Gasteiger partial charge in [0.05, 0.1) is 12.2 Å². The third-order valence-electron chi connectivity index (χ3n) is 5.26. The van der Waals surface area contributed by atoms with Crippen molar-refractivity contribution in [3.05, 3.63) is 102 Å². The van der Waals surface area contributed by atoms with E-state index in [9.17, 15) is 14.7 Å². The van der Waals surface area contributed by atoms with Gasteiger partial charge < -0.3 is 14.7 Å². The lowest BCUT2D eigenvalue weighted by Gasteiger charge is -2.25. The fourth-order valence-electron chi connectivity index (χ4n) is 3.80. The largest absolute Gasteiger partial charge is 0.481 e. The Hall–Kier alpha value is -3.44. The maximum Gasteiger partial charge on any atom is 0.303 e. The summed E-state index contributed by atoms with van der Waals surface area (Å²) in [6.07, 6.45) is -1.31. The Kier molecular flexibility index (Phi) is 5.91. The quantitative estimate of drug-likeness (QED) is 0.657. The van der Waals surface area contributed by atoms with Crippen LogP contribution < -0.4 is 4.90 Å². The number of carboxylic acid groups (broad SMARTS) is 1. The minimum atomic E-state index is -0.945. The first-order valence-corrected chi connectivity index (χ1v) is 10.00. The Bertz CT molecular complexity index is 1020. The Labute approximate surface area is 175 Å². The van der Waals surface area contributed by atoms with Crippen LogP contribution in [-0.2, 0) is 20.9 Å². The Balaban J connectivity index is 1.79. The van der Waals surface area contributed by atoms with E-state index in [2.05, 4.69) is 0 Å². The first kappa shape index (κ1) is 19.9. The highest BCUT2D eigenvalue weighted by Gasteiger charge is 2.36. The Morgan fingerprint density at radius 2 is 1.53 bits per heavy atom. The molecule has 0 aromatic heterocycles. The molecule has 2 atom stereocenters. The number of fused-ring (bicyclic) bond motifs is 1.